The summed E-state index contributed by atoms with van der Waals surface area (Å²) >= 11 is 5.95. The van der Waals surface area contributed by atoms with Crippen molar-refractivity contribution in [2.45, 2.75) is 6.61 Å². The van der Waals surface area contributed by atoms with Crippen LogP contribution in [0, 0.1) is 0 Å². The molecule has 3 aromatic carbocycles. The molecule has 0 bridgehead atoms. The largest absolute Gasteiger partial charge is 0.457 e. The van der Waals surface area contributed by atoms with Crippen LogP contribution in [0.15, 0.2) is 83.4 Å². The molecule has 4 nitrogen and oxygen atoms in total. The van der Waals surface area contributed by atoms with Gasteiger partial charge in [-0.2, -0.15) is 0 Å². The van der Waals surface area contributed by atoms with Crippen molar-refractivity contribution in [1.82, 2.24) is 5.16 Å². The molecule has 4 rings (SSSR count). The predicted octanol–water partition coefficient (Wildman–Crippen LogP) is 5.95. The molecule has 0 saturated heterocycles. The maximum absolute atomic E-state index is 9.91. The van der Waals surface area contributed by atoms with Crippen LogP contribution in [0.1, 0.15) is 5.56 Å². The topological polar surface area (TPSA) is 55.5 Å². The highest BCUT2D eigenvalue weighted by Gasteiger charge is 2.18. The van der Waals surface area contributed by atoms with Crippen LogP contribution in [-0.2, 0) is 6.61 Å². The first-order chi connectivity index (χ1) is 13.2. The van der Waals surface area contributed by atoms with Crippen molar-refractivity contribution in [3.05, 3.63) is 89.4 Å². The van der Waals surface area contributed by atoms with Crippen LogP contribution >= 0.6 is 11.6 Å². The van der Waals surface area contributed by atoms with Gasteiger partial charge < -0.3 is 14.4 Å². The molecule has 0 atom stereocenters. The van der Waals surface area contributed by atoms with Crippen LogP contribution in [-0.4, -0.2) is 10.3 Å². The van der Waals surface area contributed by atoms with Crippen LogP contribution in [0.4, 0.5) is 0 Å². The predicted molar refractivity (Wildman–Crippen MR) is 105 cm³/mol. The number of nitrogens with zero attached hydrogens (tertiary/aromatic N) is 1. The van der Waals surface area contributed by atoms with Gasteiger partial charge in [-0.1, -0.05) is 47.1 Å². The molecule has 0 radical (unpaired) electrons. The van der Waals surface area contributed by atoms with Crippen molar-refractivity contribution in [1.29, 1.82) is 0 Å². The zero-order valence-corrected chi connectivity index (χ0v) is 15.1. The van der Waals surface area contributed by atoms with Gasteiger partial charge in [0.1, 0.15) is 17.2 Å². The maximum atomic E-state index is 9.91. The van der Waals surface area contributed by atoms with E-state index in [1.807, 2.05) is 66.7 Å². The number of ether oxygens (including phenoxy) is 1. The van der Waals surface area contributed by atoms with Gasteiger partial charge in [0.05, 0.1) is 12.2 Å². The molecule has 0 unspecified atom stereocenters. The van der Waals surface area contributed by atoms with E-state index in [1.54, 1.807) is 12.1 Å². The first-order valence-corrected chi connectivity index (χ1v) is 8.81. The monoisotopic (exact) mass is 377 g/mol. The third-order valence-corrected chi connectivity index (χ3v) is 4.39. The number of para-hydroxylation sites is 1. The minimum absolute atomic E-state index is 0.194. The molecule has 0 fully saturated rings. The van der Waals surface area contributed by atoms with Gasteiger partial charge in [-0.25, -0.2) is 0 Å². The number of aromatic nitrogens is 1. The molecule has 0 aliphatic carbocycles. The van der Waals surface area contributed by atoms with Gasteiger partial charge in [-0.15, -0.1) is 0 Å². The van der Waals surface area contributed by atoms with E-state index in [1.165, 1.54) is 0 Å². The highest BCUT2D eigenvalue weighted by atomic mass is 35.5. The van der Waals surface area contributed by atoms with Crippen LogP contribution in [0.2, 0.25) is 5.02 Å². The van der Waals surface area contributed by atoms with Gasteiger partial charge in [-0.3, -0.25) is 0 Å². The first-order valence-electron chi connectivity index (χ1n) is 8.43. The van der Waals surface area contributed by atoms with Crippen LogP contribution < -0.4 is 4.74 Å². The van der Waals surface area contributed by atoms with Gasteiger partial charge >= 0.3 is 0 Å². The lowest BCUT2D eigenvalue weighted by Gasteiger charge is -2.07. The molecule has 1 aromatic heterocycles. The number of rotatable bonds is 5. The summed E-state index contributed by atoms with van der Waals surface area (Å²) in [5.41, 5.74) is 2.81. The highest BCUT2D eigenvalue weighted by Crippen LogP contribution is 2.34. The Balaban J connectivity index is 1.69. The number of aliphatic hydroxyl groups excluding tert-OH is 1. The number of hydrogen-bond acceptors (Lipinski definition) is 4. The van der Waals surface area contributed by atoms with Crippen LogP contribution in [0.25, 0.3) is 22.6 Å². The lowest BCUT2D eigenvalue weighted by molar-refractivity contribution is 0.281. The van der Waals surface area contributed by atoms with Crippen molar-refractivity contribution in [2.24, 2.45) is 0 Å². The van der Waals surface area contributed by atoms with E-state index in [2.05, 4.69) is 5.16 Å². The summed E-state index contributed by atoms with van der Waals surface area (Å²) < 4.78 is 11.4. The molecule has 0 spiro atoms. The van der Waals surface area contributed by atoms with Gasteiger partial charge in [-0.05, 0) is 48.5 Å². The second-order valence-electron chi connectivity index (χ2n) is 5.95. The van der Waals surface area contributed by atoms with Gasteiger partial charge in [0.15, 0.2) is 5.76 Å². The van der Waals surface area contributed by atoms with E-state index >= 15 is 0 Å². The third-order valence-electron chi connectivity index (χ3n) is 4.14. The maximum Gasteiger partial charge on any atom is 0.173 e. The summed E-state index contributed by atoms with van der Waals surface area (Å²) in [6, 6.07) is 24.3. The fourth-order valence-corrected chi connectivity index (χ4v) is 2.97. The lowest BCUT2D eigenvalue weighted by Crippen LogP contribution is -1.90. The fourth-order valence-electron chi connectivity index (χ4n) is 2.84. The summed E-state index contributed by atoms with van der Waals surface area (Å²) in [5.74, 6) is 1.95. The van der Waals surface area contributed by atoms with Crippen LogP contribution in [0.5, 0.6) is 11.5 Å². The Kier molecular flexibility index (Phi) is 4.92. The molecule has 0 aliphatic rings. The third kappa shape index (κ3) is 3.72. The van der Waals surface area contributed by atoms with E-state index in [4.69, 9.17) is 20.9 Å². The number of benzene rings is 3. The van der Waals surface area contributed by atoms with Crippen molar-refractivity contribution >= 4 is 11.6 Å². The molecule has 1 heterocycles. The average Bonchev–Trinajstić information content (AvgIpc) is 3.14. The molecule has 134 valence electrons. The molecule has 0 aliphatic heterocycles. The standard InChI is InChI=1S/C22H16ClNO3/c23-17-11-9-15(10-12-17)22-20(14-25)21(24-27-22)16-5-4-8-19(13-16)26-18-6-2-1-3-7-18/h1-13,25H,14H2. The molecular formula is C22H16ClNO3. The molecule has 0 amide bonds. The molecule has 5 heteroatoms. The van der Waals surface area contributed by atoms with E-state index in [0.29, 0.717) is 27.8 Å². The van der Waals surface area contributed by atoms with Crippen molar-refractivity contribution in [3.63, 3.8) is 0 Å². The van der Waals surface area contributed by atoms with Gasteiger partial charge in [0.25, 0.3) is 0 Å². The molecule has 1 N–H and O–H groups in total. The quantitative estimate of drug-likeness (QED) is 0.467. The summed E-state index contributed by atoms with van der Waals surface area (Å²) in [5, 5.41) is 14.7. The Bertz CT molecular complexity index is 1040. The number of halogens is 1. The number of aliphatic hydroxyl groups is 1. The average molecular weight is 378 g/mol. The van der Waals surface area contributed by atoms with Crippen molar-refractivity contribution < 1.29 is 14.4 Å². The SMILES string of the molecule is OCc1c(-c2cccc(Oc3ccccc3)c2)noc1-c1ccc(Cl)cc1. The summed E-state index contributed by atoms with van der Waals surface area (Å²) in [6.07, 6.45) is 0. The minimum Gasteiger partial charge on any atom is -0.457 e. The Morgan fingerprint density at radius 3 is 2.33 bits per heavy atom. The van der Waals surface area contributed by atoms with E-state index < -0.39 is 0 Å². The van der Waals surface area contributed by atoms with Gasteiger partial charge in [0.2, 0.25) is 0 Å². The summed E-state index contributed by atoms with van der Waals surface area (Å²) in [7, 11) is 0. The second-order valence-corrected chi connectivity index (χ2v) is 6.38. The Hall–Kier alpha value is -3.08. The molecular weight excluding hydrogens is 362 g/mol. The Morgan fingerprint density at radius 1 is 0.852 bits per heavy atom. The Labute approximate surface area is 161 Å². The van der Waals surface area contributed by atoms with Crippen LogP contribution in [0.3, 0.4) is 0 Å². The molecule has 4 aromatic rings. The zero-order chi connectivity index (χ0) is 18.6. The minimum atomic E-state index is -0.194. The Morgan fingerprint density at radius 2 is 1.59 bits per heavy atom. The van der Waals surface area contributed by atoms with Crippen molar-refractivity contribution in [2.75, 3.05) is 0 Å². The summed E-state index contributed by atoms with van der Waals surface area (Å²) in [4.78, 5) is 0. The van der Waals surface area contributed by atoms with Crippen molar-refractivity contribution in [3.8, 4) is 34.1 Å². The van der Waals surface area contributed by atoms with Gasteiger partial charge in [0, 0.05) is 16.1 Å². The number of hydrogen-bond donors (Lipinski definition) is 1. The second kappa shape index (κ2) is 7.66. The smallest absolute Gasteiger partial charge is 0.173 e. The van der Waals surface area contributed by atoms with E-state index in [9.17, 15) is 5.11 Å². The molecule has 0 saturated carbocycles. The molecule has 27 heavy (non-hydrogen) atoms. The van der Waals surface area contributed by atoms with E-state index in [0.717, 1.165) is 16.9 Å². The van der Waals surface area contributed by atoms with E-state index in [-0.39, 0.29) is 6.61 Å². The highest BCUT2D eigenvalue weighted by molar-refractivity contribution is 6.30. The summed E-state index contributed by atoms with van der Waals surface area (Å²) in [6.45, 7) is -0.194. The first kappa shape index (κ1) is 17.3. The normalized spacial score (nSPS) is 10.7. The lowest BCUT2D eigenvalue weighted by atomic mass is 10.0. The fraction of sp³-hybridized carbons (Fsp3) is 0.0455. The zero-order valence-electron chi connectivity index (χ0n) is 14.3.